The number of hydrogen-bond acceptors (Lipinski definition) is 4. The van der Waals surface area contributed by atoms with Crippen molar-refractivity contribution in [2.45, 2.75) is 43.9 Å². The summed E-state index contributed by atoms with van der Waals surface area (Å²) in [5.41, 5.74) is 2.51. The lowest BCUT2D eigenvalue weighted by atomic mass is 9.91. The van der Waals surface area contributed by atoms with Gasteiger partial charge in [-0.25, -0.2) is 0 Å². The molecule has 2 fully saturated rings. The first-order chi connectivity index (χ1) is 12.8. The molecule has 2 aromatic rings. The average Bonchev–Trinajstić information content (AvgIpc) is 3.28. The average molecular weight is 352 g/mol. The molecule has 2 N–H and O–H groups in total. The summed E-state index contributed by atoms with van der Waals surface area (Å²) in [5.74, 6) is 2.46. The van der Waals surface area contributed by atoms with Crippen LogP contribution in [0.2, 0.25) is 0 Å². The zero-order valence-electron chi connectivity index (χ0n) is 15.6. The van der Waals surface area contributed by atoms with E-state index < -0.39 is 0 Å². The number of rotatable bonds is 6. The van der Waals surface area contributed by atoms with E-state index in [0.29, 0.717) is 24.0 Å². The maximum atomic E-state index is 5.55. The van der Waals surface area contributed by atoms with Crippen LogP contribution in [0, 0.1) is 5.92 Å². The highest BCUT2D eigenvalue weighted by atomic mass is 16.5. The zero-order chi connectivity index (χ0) is 17.9. The number of nitrogens with one attached hydrogen (secondary N) is 2. The summed E-state index contributed by atoms with van der Waals surface area (Å²) in [6.45, 7) is 0.777. The van der Waals surface area contributed by atoms with E-state index in [4.69, 9.17) is 9.47 Å². The summed E-state index contributed by atoms with van der Waals surface area (Å²) in [6.07, 6.45) is 3.91. The van der Waals surface area contributed by atoms with Gasteiger partial charge in [-0.2, -0.15) is 0 Å². The number of ether oxygens (including phenoxy) is 2. The Labute approximate surface area is 155 Å². The molecule has 1 heterocycles. The Bertz CT molecular complexity index is 734. The van der Waals surface area contributed by atoms with E-state index >= 15 is 0 Å². The van der Waals surface area contributed by atoms with Crippen LogP contribution in [0.3, 0.4) is 0 Å². The van der Waals surface area contributed by atoms with Gasteiger partial charge < -0.3 is 20.1 Å². The molecule has 4 nitrogen and oxygen atoms in total. The van der Waals surface area contributed by atoms with Gasteiger partial charge in [0.25, 0.3) is 0 Å². The zero-order valence-corrected chi connectivity index (χ0v) is 15.6. The number of benzene rings is 2. The summed E-state index contributed by atoms with van der Waals surface area (Å²) < 4.78 is 10.9. The Morgan fingerprint density at radius 1 is 1.04 bits per heavy atom. The summed E-state index contributed by atoms with van der Waals surface area (Å²) >= 11 is 0. The molecule has 138 valence electrons. The predicted octanol–water partition coefficient (Wildman–Crippen LogP) is 3.68. The first kappa shape index (κ1) is 17.4. The van der Waals surface area contributed by atoms with Crippen molar-refractivity contribution in [3.63, 3.8) is 0 Å². The van der Waals surface area contributed by atoms with Crippen LogP contribution in [-0.2, 0) is 6.54 Å². The largest absolute Gasteiger partial charge is 0.497 e. The molecule has 0 bridgehead atoms. The van der Waals surface area contributed by atoms with Crippen LogP contribution in [-0.4, -0.2) is 26.3 Å². The molecule has 0 radical (unpaired) electrons. The lowest BCUT2D eigenvalue weighted by Gasteiger charge is -2.26. The molecule has 1 saturated carbocycles. The molecule has 0 spiro atoms. The third-order valence-electron chi connectivity index (χ3n) is 5.96. The normalized spacial score (nSPS) is 27.3. The van der Waals surface area contributed by atoms with Crippen LogP contribution in [0.15, 0.2) is 48.5 Å². The second-order valence-electron chi connectivity index (χ2n) is 7.34. The van der Waals surface area contributed by atoms with Gasteiger partial charge in [0.15, 0.2) is 0 Å². The van der Waals surface area contributed by atoms with Crippen LogP contribution in [0.4, 0.5) is 0 Å². The Morgan fingerprint density at radius 2 is 1.88 bits per heavy atom. The molecule has 4 heteroatoms. The molecule has 1 aliphatic heterocycles. The Morgan fingerprint density at radius 3 is 2.65 bits per heavy atom. The molecule has 4 rings (SSSR count). The summed E-state index contributed by atoms with van der Waals surface area (Å²) in [6, 6.07) is 18.2. The highest BCUT2D eigenvalue weighted by Crippen LogP contribution is 2.41. The molecule has 4 unspecified atom stereocenters. The number of fused-ring (bicyclic) bond motifs is 1. The van der Waals surface area contributed by atoms with E-state index in [1.807, 2.05) is 12.1 Å². The molecule has 1 aliphatic carbocycles. The van der Waals surface area contributed by atoms with E-state index in [0.717, 1.165) is 23.6 Å². The fraction of sp³-hybridized carbons (Fsp3) is 0.455. The minimum Gasteiger partial charge on any atom is -0.497 e. The van der Waals surface area contributed by atoms with Crippen molar-refractivity contribution in [1.29, 1.82) is 0 Å². The first-order valence-corrected chi connectivity index (χ1v) is 9.55. The Balaban J connectivity index is 1.55. The Kier molecular flexibility index (Phi) is 5.14. The van der Waals surface area contributed by atoms with E-state index in [-0.39, 0.29) is 0 Å². The van der Waals surface area contributed by atoms with Crippen LogP contribution in [0.25, 0.3) is 0 Å². The molecule has 2 aromatic carbocycles. The van der Waals surface area contributed by atoms with Gasteiger partial charge in [-0.05, 0) is 42.5 Å². The van der Waals surface area contributed by atoms with Crippen molar-refractivity contribution < 1.29 is 9.47 Å². The molecule has 1 saturated heterocycles. The molecule has 4 atom stereocenters. The second-order valence-corrected chi connectivity index (χ2v) is 7.34. The van der Waals surface area contributed by atoms with Gasteiger partial charge in [0, 0.05) is 30.2 Å². The maximum absolute atomic E-state index is 5.55. The van der Waals surface area contributed by atoms with Crippen molar-refractivity contribution in [3.05, 3.63) is 59.7 Å². The minimum atomic E-state index is 0.364. The van der Waals surface area contributed by atoms with Gasteiger partial charge >= 0.3 is 0 Å². The van der Waals surface area contributed by atoms with E-state index in [1.165, 1.54) is 24.8 Å². The molecular weight excluding hydrogens is 324 g/mol. The van der Waals surface area contributed by atoms with Crippen molar-refractivity contribution in [2.24, 2.45) is 5.92 Å². The van der Waals surface area contributed by atoms with Crippen molar-refractivity contribution in [1.82, 2.24) is 10.6 Å². The van der Waals surface area contributed by atoms with Crippen LogP contribution < -0.4 is 20.1 Å². The maximum Gasteiger partial charge on any atom is 0.123 e. The fourth-order valence-electron chi connectivity index (χ4n) is 4.69. The number of methoxy groups -OCH3 is 2. The third kappa shape index (κ3) is 3.31. The van der Waals surface area contributed by atoms with E-state index in [2.05, 4.69) is 47.0 Å². The lowest BCUT2D eigenvalue weighted by molar-refractivity contribution is 0.363. The third-order valence-corrected chi connectivity index (χ3v) is 5.96. The highest BCUT2D eigenvalue weighted by molar-refractivity contribution is 5.40. The quantitative estimate of drug-likeness (QED) is 0.832. The summed E-state index contributed by atoms with van der Waals surface area (Å²) in [7, 11) is 3.43. The molecule has 2 aliphatic rings. The van der Waals surface area contributed by atoms with Gasteiger partial charge in [0.1, 0.15) is 11.5 Å². The monoisotopic (exact) mass is 352 g/mol. The molecule has 0 amide bonds. The molecular formula is C22H28N2O2. The molecule has 0 aromatic heterocycles. The first-order valence-electron chi connectivity index (χ1n) is 9.55. The van der Waals surface area contributed by atoms with Gasteiger partial charge in [-0.15, -0.1) is 0 Å². The van der Waals surface area contributed by atoms with Gasteiger partial charge in [-0.3, -0.25) is 0 Å². The highest BCUT2D eigenvalue weighted by Gasteiger charge is 2.45. The van der Waals surface area contributed by atoms with Crippen LogP contribution in [0.1, 0.15) is 36.4 Å². The van der Waals surface area contributed by atoms with Gasteiger partial charge in [-0.1, -0.05) is 36.8 Å². The molecule has 26 heavy (non-hydrogen) atoms. The van der Waals surface area contributed by atoms with Crippen molar-refractivity contribution in [2.75, 3.05) is 14.2 Å². The van der Waals surface area contributed by atoms with Crippen LogP contribution in [0.5, 0.6) is 11.5 Å². The summed E-state index contributed by atoms with van der Waals surface area (Å²) in [5, 5.41) is 7.73. The summed E-state index contributed by atoms with van der Waals surface area (Å²) in [4.78, 5) is 0. The van der Waals surface area contributed by atoms with E-state index in [9.17, 15) is 0 Å². The SMILES string of the molecule is COc1ccc(OC)c(CNC2C(c3ccccc3)NC3CCCC32)c1. The van der Waals surface area contributed by atoms with Crippen molar-refractivity contribution >= 4 is 0 Å². The van der Waals surface area contributed by atoms with Crippen molar-refractivity contribution in [3.8, 4) is 11.5 Å². The van der Waals surface area contributed by atoms with E-state index in [1.54, 1.807) is 14.2 Å². The number of hydrogen-bond donors (Lipinski definition) is 2. The lowest BCUT2D eigenvalue weighted by Crippen LogP contribution is -2.37. The van der Waals surface area contributed by atoms with Gasteiger partial charge in [0.2, 0.25) is 0 Å². The van der Waals surface area contributed by atoms with Crippen LogP contribution >= 0.6 is 0 Å². The topological polar surface area (TPSA) is 42.5 Å². The smallest absolute Gasteiger partial charge is 0.123 e. The predicted molar refractivity (Wildman–Crippen MR) is 104 cm³/mol. The standard InChI is InChI=1S/C22H28N2O2/c1-25-17-11-12-20(26-2)16(13-17)14-23-22-18-9-6-10-19(18)24-21(22)15-7-4-3-5-8-15/h3-5,7-8,11-13,18-19,21-24H,6,9-10,14H2,1-2H3. The fourth-order valence-corrected chi connectivity index (χ4v) is 4.69. The Hall–Kier alpha value is -2.04. The minimum absolute atomic E-state index is 0.364. The van der Waals surface area contributed by atoms with Gasteiger partial charge in [0.05, 0.1) is 14.2 Å². The second kappa shape index (κ2) is 7.68.